The van der Waals surface area contributed by atoms with E-state index < -0.39 is 58.5 Å². The van der Waals surface area contributed by atoms with Crippen LogP contribution in [0.15, 0.2) is 50.4 Å². The molecule has 15 nitrogen and oxygen atoms in total. The number of nitrogens with zero attached hydrogens (tertiary/aromatic N) is 4. The molecule has 0 bridgehead atoms. The molecule has 39 heavy (non-hydrogen) atoms. The minimum absolute atomic E-state index is 0.0612. The van der Waals surface area contributed by atoms with Gasteiger partial charge in [0.25, 0.3) is 10.1 Å². The van der Waals surface area contributed by atoms with Gasteiger partial charge in [0, 0.05) is 0 Å². The van der Waals surface area contributed by atoms with Crippen molar-refractivity contribution in [1.82, 2.24) is 9.78 Å². The largest absolute Gasteiger partial charge is 0.494 e. The summed E-state index contributed by atoms with van der Waals surface area (Å²) in [5.74, 6) is -1.30. The highest BCUT2D eigenvalue weighted by atomic mass is 35.5. The van der Waals surface area contributed by atoms with Crippen LogP contribution >= 0.6 is 23.2 Å². The number of ether oxygens (including phenoxy) is 1. The molecule has 3 rings (SSSR count). The van der Waals surface area contributed by atoms with E-state index in [9.17, 15) is 34.9 Å². The van der Waals surface area contributed by atoms with Gasteiger partial charge >= 0.3 is 10.4 Å². The number of azo groups is 1. The second-order valence-corrected chi connectivity index (χ2v) is 12.9. The lowest BCUT2D eigenvalue weighted by atomic mass is 10.3. The summed E-state index contributed by atoms with van der Waals surface area (Å²) in [4.78, 5) is -0.958. The van der Waals surface area contributed by atoms with Gasteiger partial charge in [-0.25, -0.2) is 12.6 Å². The molecule has 0 radical (unpaired) electrons. The van der Waals surface area contributed by atoms with Crippen LogP contribution in [-0.4, -0.2) is 68.7 Å². The summed E-state index contributed by atoms with van der Waals surface area (Å²) in [7, 11) is -12.3. The Bertz CT molecular complexity index is 1790. The lowest BCUT2D eigenvalue weighted by Crippen LogP contribution is -2.15. The Balaban J connectivity index is 1.99. The van der Waals surface area contributed by atoms with Crippen molar-refractivity contribution in [3.63, 3.8) is 0 Å². The number of rotatable bonds is 10. The van der Waals surface area contributed by atoms with E-state index >= 15 is 0 Å². The van der Waals surface area contributed by atoms with Crippen LogP contribution in [0.4, 0.5) is 11.4 Å². The van der Waals surface area contributed by atoms with Crippen LogP contribution in [0.25, 0.3) is 5.69 Å². The fourth-order valence-electron chi connectivity index (χ4n) is 3.08. The molecule has 0 aliphatic rings. The van der Waals surface area contributed by atoms with Gasteiger partial charge in [0.15, 0.2) is 15.5 Å². The first-order valence-corrected chi connectivity index (χ1v) is 15.4. The third-order valence-electron chi connectivity index (χ3n) is 4.86. The third kappa shape index (κ3) is 7.22. The summed E-state index contributed by atoms with van der Waals surface area (Å²) >= 11 is 12.1. The molecule has 0 aliphatic carbocycles. The number of methoxy groups -OCH3 is 1. The van der Waals surface area contributed by atoms with Gasteiger partial charge in [0.2, 0.25) is 5.88 Å². The number of aromatic nitrogens is 2. The summed E-state index contributed by atoms with van der Waals surface area (Å²) in [5.41, 5.74) is -0.224. The smallest absolute Gasteiger partial charge is 0.397 e. The number of benzene rings is 2. The molecule has 212 valence electrons. The summed E-state index contributed by atoms with van der Waals surface area (Å²) in [5, 5.41) is 22.0. The first kappa shape index (κ1) is 30.7. The number of halogens is 2. The Morgan fingerprint density at radius 3 is 2.26 bits per heavy atom. The van der Waals surface area contributed by atoms with E-state index in [0.717, 1.165) is 22.9 Å². The molecule has 3 aromatic rings. The Morgan fingerprint density at radius 2 is 1.67 bits per heavy atom. The minimum atomic E-state index is -4.83. The molecular weight excluding hydrogens is 627 g/mol. The summed E-state index contributed by atoms with van der Waals surface area (Å²) in [6, 6.07) is 5.42. The molecule has 0 atom stereocenters. The van der Waals surface area contributed by atoms with E-state index in [1.165, 1.54) is 26.2 Å². The zero-order valence-electron chi connectivity index (χ0n) is 19.7. The molecule has 1 heterocycles. The molecule has 0 unspecified atom stereocenters. The first-order chi connectivity index (χ1) is 17.9. The number of hydrogen-bond acceptors (Lipinski definition) is 12. The number of aromatic hydroxyl groups is 1. The van der Waals surface area contributed by atoms with E-state index in [1.807, 2.05) is 0 Å². The predicted molar refractivity (Wildman–Crippen MR) is 137 cm³/mol. The lowest BCUT2D eigenvalue weighted by Gasteiger charge is -2.09. The van der Waals surface area contributed by atoms with Crippen molar-refractivity contribution in [3.05, 3.63) is 46.1 Å². The number of hydrogen-bond donors (Lipinski definition) is 3. The van der Waals surface area contributed by atoms with E-state index in [1.54, 1.807) is 0 Å². The highest BCUT2D eigenvalue weighted by molar-refractivity contribution is 7.91. The van der Waals surface area contributed by atoms with Gasteiger partial charge in [0.1, 0.15) is 16.3 Å². The van der Waals surface area contributed by atoms with E-state index in [0.29, 0.717) is 0 Å². The maximum atomic E-state index is 12.6. The van der Waals surface area contributed by atoms with Crippen LogP contribution in [0.2, 0.25) is 10.0 Å². The Morgan fingerprint density at radius 1 is 1.00 bits per heavy atom. The standard InChI is InChI=1S/C19H18Cl2N4O11S3/c1-10-18(19(26)25(24-10)15-8-13(21)17(9-12(15)20)38(29,30)31)23-22-14-7-11(3-4-16(14)35-2)37(27,28)6-5-36-39(32,33)34/h3-4,7-9,26H,5-6H2,1-2H3,(H,29,30,31)(H,32,33,34)/b23-22+. The zero-order chi connectivity index (χ0) is 29.3. The quantitative estimate of drug-likeness (QED) is 0.213. The second-order valence-electron chi connectivity index (χ2n) is 7.48. The molecule has 0 amide bonds. The van der Waals surface area contributed by atoms with Crippen molar-refractivity contribution in [2.45, 2.75) is 16.7 Å². The van der Waals surface area contributed by atoms with Crippen molar-refractivity contribution < 1.29 is 48.4 Å². The summed E-state index contributed by atoms with van der Waals surface area (Å²) < 4.78 is 97.3. The van der Waals surface area contributed by atoms with Crippen molar-refractivity contribution >= 4 is 64.9 Å². The second kappa shape index (κ2) is 11.3. The van der Waals surface area contributed by atoms with Gasteiger partial charge in [-0.1, -0.05) is 23.2 Å². The lowest BCUT2D eigenvalue weighted by molar-refractivity contribution is 0.284. The van der Waals surface area contributed by atoms with Crippen LogP contribution in [0.1, 0.15) is 5.69 Å². The Kier molecular flexibility index (Phi) is 8.92. The number of aryl methyl sites for hydroxylation is 1. The minimum Gasteiger partial charge on any atom is -0.494 e. The molecule has 0 saturated heterocycles. The van der Waals surface area contributed by atoms with E-state index in [2.05, 4.69) is 19.5 Å². The van der Waals surface area contributed by atoms with Crippen molar-refractivity contribution in [2.24, 2.45) is 10.2 Å². The van der Waals surface area contributed by atoms with Gasteiger partial charge in [-0.2, -0.15) is 26.6 Å². The molecule has 1 aromatic heterocycles. The average Bonchev–Trinajstić information content (AvgIpc) is 3.09. The van der Waals surface area contributed by atoms with Gasteiger partial charge in [-0.3, -0.25) is 9.11 Å². The first-order valence-electron chi connectivity index (χ1n) is 10.1. The predicted octanol–water partition coefficient (Wildman–Crippen LogP) is 3.46. The molecule has 20 heteroatoms. The van der Waals surface area contributed by atoms with Crippen LogP contribution in [-0.2, 0) is 34.5 Å². The number of sulfone groups is 1. The van der Waals surface area contributed by atoms with Gasteiger partial charge in [-0.05, 0) is 37.3 Å². The molecule has 3 N–H and O–H groups in total. The molecule has 0 aliphatic heterocycles. The van der Waals surface area contributed by atoms with Crippen molar-refractivity contribution in [1.29, 1.82) is 0 Å². The highest BCUT2D eigenvalue weighted by Crippen LogP contribution is 2.39. The topological polar surface area (TPSA) is 224 Å². The zero-order valence-corrected chi connectivity index (χ0v) is 23.6. The van der Waals surface area contributed by atoms with Crippen molar-refractivity contribution in [3.8, 4) is 17.3 Å². The monoisotopic (exact) mass is 644 g/mol. The molecule has 2 aromatic carbocycles. The summed E-state index contributed by atoms with van der Waals surface area (Å²) in [6.07, 6.45) is 0. The van der Waals surface area contributed by atoms with Crippen LogP contribution in [0.5, 0.6) is 11.6 Å². The van der Waals surface area contributed by atoms with Gasteiger partial charge in [0.05, 0.1) is 45.8 Å². The molecule has 0 saturated carbocycles. The SMILES string of the molecule is COc1ccc(S(=O)(=O)CCOS(=O)(=O)O)cc1/N=N/c1c(C)nn(-c2cc(Cl)c(S(=O)(=O)O)cc2Cl)c1O. The molecular formula is C19H18Cl2N4O11S3. The van der Waals surface area contributed by atoms with Gasteiger partial charge in [-0.15, -0.1) is 10.2 Å². The normalized spacial score (nSPS) is 12.8. The summed E-state index contributed by atoms with van der Waals surface area (Å²) in [6.45, 7) is 0.605. The Labute approximate surface area is 232 Å². The fraction of sp³-hybridized carbons (Fsp3) is 0.211. The molecule has 0 fully saturated rings. The van der Waals surface area contributed by atoms with Gasteiger partial charge < -0.3 is 9.84 Å². The third-order valence-corrected chi connectivity index (χ3v) is 8.63. The van der Waals surface area contributed by atoms with E-state index in [4.69, 9.17) is 32.5 Å². The fourth-order valence-corrected chi connectivity index (χ4v) is 5.92. The van der Waals surface area contributed by atoms with Crippen LogP contribution < -0.4 is 4.74 Å². The van der Waals surface area contributed by atoms with Crippen LogP contribution in [0.3, 0.4) is 0 Å². The highest BCUT2D eigenvalue weighted by Gasteiger charge is 2.23. The average molecular weight is 645 g/mol. The maximum absolute atomic E-state index is 12.6. The van der Waals surface area contributed by atoms with Crippen molar-refractivity contribution in [2.75, 3.05) is 19.5 Å². The Hall–Kier alpha value is -2.84. The molecule has 0 spiro atoms. The van der Waals surface area contributed by atoms with Crippen LogP contribution in [0, 0.1) is 6.92 Å². The van der Waals surface area contributed by atoms with E-state index in [-0.39, 0.29) is 38.4 Å². The maximum Gasteiger partial charge on any atom is 0.397 e.